The number of nitro groups is 1. The first kappa shape index (κ1) is 24.3. The number of hydrogen-bond acceptors (Lipinski definition) is 7. The molecule has 0 spiro atoms. The standard InChI is InChI=1S/C21H18BrClN4O6/c1-3-11(2)20-25-16-5-4-13(22)8-14(16)21(30)26(20)24-9-12-6-15(23)19(33-10-18(28)29)17(7-12)27(31)32/h4-9,11H,3,10H2,1-2H3,(H,28,29)/t11-/m0/s1. The topological polar surface area (TPSA) is 137 Å². The first-order valence-electron chi connectivity index (χ1n) is 9.71. The highest BCUT2D eigenvalue weighted by molar-refractivity contribution is 9.10. The van der Waals surface area contributed by atoms with E-state index >= 15 is 0 Å². The van der Waals surface area contributed by atoms with Gasteiger partial charge in [0.25, 0.3) is 5.56 Å². The number of nitro benzene ring substituents is 1. The van der Waals surface area contributed by atoms with Crippen LogP contribution in [-0.2, 0) is 4.79 Å². The largest absolute Gasteiger partial charge is 0.479 e. The van der Waals surface area contributed by atoms with Crippen LogP contribution in [0.5, 0.6) is 5.75 Å². The van der Waals surface area contributed by atoms with Crippen LogP contribution in [0.1, 0.15) is 37.6 Å². The number of ether oxygens (including phenoxy) is 1. The van der Waals surface area contributed by atoms with Crippen molar-refractivity contribution in [2.24, 2.45) is 5.10 Å². The summed E-state index contributed by atoms with van der Waals surface area (Å²) >= 11 is 9.45. The molecule has 2 aromatic carbocycles. The van der Waals surface area contributed by atoms with Crippen LogP contribution in [0.25, 0.3) is 10.9 Å². The number of aliphatic carboxylic acids is 1. The molecule has 0 fully saturated rings. The van der Waals surface area contributed by atoms with E-state index in [0.29, 0.717) is 27.6 Å². The van der Waals surface area contributed by atoms with Gasteiger partial charge in [-0.25, -0.2) is 9.78 Å². The molecular formula is C21H18BrClN4O6. The number of fused-ring (bicyclic) bond motifs is 1. The van der Waals surface area contributed by atoms with Gasteiger partial charge < -0.3 is 9.84 Å². The monoisotopic (exact) mass is 536 g/mol. The first-order valence-corrected chi connectivity index (χ1v) is 10.9. The Morgan fingerprint density at radius 2 is 2.15 bits per heavy atom. The van der Waals surface area contributed by atoms with E-state index in [0.717, 1.165) is 10.7 Å². The number of carbonyl (C=O) groups is 1. The molecule has 3 rings (SSSR count). The molecule has 1 atom stereocenters. The summed E-state index contributed by atoms with van der Waals surface area (Å²) in [7, 11) is 0. The summed E-state index contributed by atoms with van der Waals surface area (Å²) in [5.74, 6) is -1.32. The lowest BCUT2D eigenvalue weighted by molar-refractivity contribution is -0.385. The molecule has 12 heteroatoms. The van der Waals surface area contributed by atoms with Crippen molar-refractivity contribution in [3.8, 4) is 5.75 Å². The molecular weight excluding hydrogens is 520 g/mol. The fourth-order valence-corrected chi connectivity index (χ4v) is 3.63. The number of nitrogens with zero attached hydrogens (tertiary/aromatic N) is 4. The van der Waals surface area contributed by atoms with Gasteiger partial charge in [0.05, 0.1) is 27.1 Å². The number of carboxylic acid groups (broad SMARTS) is 1. The van der Waals surface area contributed by atoms with Gasteiger partial charge in [0, 0.05) is 22.0 Å². The van der Waals surface area contributed by atoms with Gasteiger partial charge in [0.1, 0.15) is 5.82 Å². The molecule has 1 N–H and O–H groups in total. The van der Waals surface area contributed by atoms with E-state index in [4.69, 9.17) is 21.4 Å². The summed E-state index contributed by atoms with van der Waals surface area (Å²) < 4.78 is 6.84. The molecule has 0 aliphatic rings. The fourth-order valence-electron chi connectivity index (χ4n) is 2.99. The molecule has 0 unspecified atom stereocenters. The van der Waals surface area contributed by atoms with Crippen LogP contribution in [0.15, 0.2) is 44.7 Å². The quantitative estimate of drug-likeness (QED) is 0.252. The summed E-state index contributed by atoms with van der Waals surface area (Å²) in [4.78, 5) is 39.2. The minimum Gasteiger partial charge on any atom is -0.479 e. The highest BCUT2D eigenvalue weighted by Crippen LogP contribution is 2.36. The highest BCUT2D eigenvalue weighted by Gasteiger charge is 2.22. The third-order valence-corrected chi connectivity index (χ3v) is 5.57. The van der Waals surface area contributed by atoms with Crippen molar-refractivity contribution in [2.75, 3.05) is 6.61 Å². The van der Waals surface area contributed by atoms with Gasteiger partial charge in [-0.1, -0.05) is 41.4 Å². The summed E-state index contributed by atoms with van der Waals surface area (Å²) in [5.41, 5.74) is -0.176. The molecule has 0 saturated heterocycles. The van der Waals surface area contributed by atoms with Crippen molar-refractivity contribution >= 4 is 56.3 Å². The SMILES string of the molecule is CC[C@H](C)c1nc2ccc(Br)cc2c(=O)n1N=Cc1cc(Cl)c(OCC(=O)O)c([N+](=O)[O-])c1. The Morgan fingerprint density at radius 3 is 2.79 bits per heavy atom. The van der Waals surface area contributed by atoms with Crippen molar-refractivity contribution in [1.82, 2.24) is 9.66 Å². The smallest absolute Gasteiger partial charge is 0.341 e. The molecule has 10 nitrogen and oxygen atoms in total. The van der Waals surface area contributed by atoms with Gasteiger partial charge in [0.15, 0.2) is 6.61 Å². The Hall–Kier alpha value is -3.31. The average Bonchev–Trinajstić information content (AvgIpc) is 2.76. The van der Waals surface area contributed by atoms with Gasteiger partial charge in [-0.2, -0.15) is 9.78 Å². The van der Waals surface area contributed by atoms with E-state index in [-0.39, 0.29) is 22.3 Å². The van der Waals surface area contributed by atoms with Gasteiger partial charge in [-0.3, -0.25) is 14.9 Å². The van der Waals surface area contributed by atoms with Crippen LogP contribution in [0.4, 0.5) is 5.69 Å². The number of rotatable bonds is 8. The van der Waals surface area contributed by atoms with Crippen molar-refractivity contribution in [3.63, 3.8) is 0 Å². The van der Waals surface area contributed by atoms with E-state index in [2.05, 4.69) is 26.0 Å². The fraction of sp³-hybridized carbons (Fsp3) is 0.238. The minimum atomic E-state index is -1.31. The van der Waals surface area contributed by atoms with Gasteiger partial charge in [-0.05, 0) is 30.7 Å². The second-order valence-electron chi connectivity index (χ2n) is 7.09. The lowest BCUT2D eigenvalue weighted by Gasteiger charge is -2.14. The number of carboxylic acids is 1. The van der Waals surface area contributed by atoms with Crippen molar-refractivity contribution in [2.45, 2.75) is 26.2 Å². The first-order chi connectivity index (χ1) is 15.6. The second kappa shape index (κ2) is 10.1. The Balaban J connectivity index is 2.13. The van der Waals surface area contributed by atoms with Crippen molar-refractivity contribution in [1.29, 1.82) is 0 Å². The predicted molar refractivity (Wildman–Crippen MR) is 127 cm³/mol. The molecule has 172 valence electrons. The van der Waals surface area contributed by atoms with Crippen LogP contribution in [0.2, 0.25) is 5.02 Å². The normalized spacial score (nSPS) is 12.2. The van der Waals surface area contributed by atoms with Gasteiger partial charge >= 0.3 is 11.7 Å². The molecule has 1 heterocycles. The van der Waals surface area contributed by atoms with Gasteiger partial charge in [0.2, 0.25) is 5.75 Å². The summed E-state index contributed by atoms with van der Waals surface area (Å²) in [6.45, 7) is 3.07. The van der Waals surface area contributed by atoms with E-state index in [9.17, 15) is 19.7 Å². The lowest BCUT2D eigenvalue weighted by Crippen LogP contribution is -2.23. The average molecular weight is 538 g/mol. The van der Waals surface area contributed by atoms with Crippen LogP contribution < -0.4 is 10.3 Å². The van der Waals surface area contributed by atoms with Crippen LogP contribution >= 0.6 is 27.5 Å². The third kappa shape index (κ3) is 5.37. The van der Waals surface area contributed by atoms with Crippen LogP contribution in [0.3, 0.4) is 0 Å². The van der Waals surface area contributed by atoms with Crippen molar-refractivity contribution < 1.29 is 19.6 Å². The van der Waals surface area contributed by atoms with Gasteiger partial charge in [-0.15, -0.1) is 0 Å². The maximum atomic E-state index is 13.2. The summed E-state index contributed by atoms with van der Waals surface area (Å²) in [6, 6.07) is 7.63. The number of benzene rings is 2. The highest BCUT2D eigenvalue weighted by atomic mass is 79.9. The Bertz CT molecular complexity index is 1340. The molecule has 0 bridgehead atoms. The zero-order valence-corrected chi connectivity index (χ0v) is 19.8. The zero-order chi connectivity index (χ0) is 24.3. The van der Waals surface area contributed by atoms with Crippen LogP contribution in [0, 0.1) is 10.1 Å². The van der Waals surface area contributed by atoms with E-state index in [1.807, 2.05) is 13.8 Å². The second-order valence-corrected chi connectivity index (χ2v) is 8.42. The molecule has 0 aliphatic heterocycles. The minimum absolute atomic E-state index is 0.0902. The Labute approximate surface area is 200 Å². The molecule has 1 aromatic heterocycles. The maximum absolute atomic E-state index is 13.2. The van der Waals surface area contributed by atoms with Crippen molar-refractivity contribution in [3.05, 3.63) is 71.7 Å². The lowest BCUT2D eigenvalue weighted by atomic mass is 10.1. The van der Waals surface area contributed by atoms with Crippen LogP contribution in [-0.4, -0.2) is 38.5 Å². The molecule has 0 radical (unpaired) electrons. The number of hydrogen-bond donors (Lipinski definition) is 1. The number of halogens is 2. The summed E-state index contributed by atoms with van der Waals surface area (Å²) in [6.07, 6.45) is 1.95. The van der Waals surface area contributed by atoms with E-state index in [1.54, 1.807) is 18.2 Å². The predicted octanol–water partition coefficient (Wildman–Crippen LogP) is 4.58. The molecule has 33 heavy (non-hydrogen) atoms. The molecule has 3 aromatic rings. The molecule has 0 saturated carbocycles. The third-order valence-electron chi connectivity index (χ3n) is 4.79. The molecule has 0 aliphatic carbocycles. The van der Waals surface area contributed by atoms with E-state index in [1.165, 1.54) is 12.3 Å². The zero-order valence-electron chi connectivity index (χ0n) is 17.5. The Morgan fingerprint density at radius 1 is 1.42 bits per heavy atom. The number of aromatic nitrogens is 2. The van der Waals surface area contributed by atoms with E-state index < -0.39 is 28.7 Å². The Kier molecular flexibility index (Phi) is 7.44. The summed E-state index contributed by atoms with van der Waals surface area (Å²) in [5, 5.41) is 24.7. The maximum Gasteiger partial charge on any atom is 0.341 e. The molecule has 0 amide bonds.